The van der Waals surface area contributed by atoms with Gasteiger partial charge < -0.3 is 14.8 Å². The Bertz CT molecular complexity index is 716. The van der Waals surface area contributed by atoms with Crippen LogP contribution in [0.2, 0.25) is 0 Å². The number of rotatable bonds is 7. The molecule has 2 rings (SSSR count). The van der Waals surface area contributed by atoms with Gasteiger partial charge in [0.2, 0.25) is 0 Å². The van der Waals surface area contributed by atoms with Crippen LogP contribution in [0.15, 0.2) is 42.5 Å². The van der Waals surface area contributed by atoms with Crippen LogP contribution in [0.5, 0.6) is 5.75 Å². The van der Waals surface area contributed by atoms with Crippen molar-refractivity contribution < 1.29 is 19.1 Å². The molecule has 5 heteroatoms. The largest absolute Gasteiger partial charge is 0.484 e. The van der Waals surface area contributed by atoms with Crippen LogP contribution in [0, 0.1) is 0 Å². The van der Waals surface area contributed by atoms with Gasteiger partial charge in [0.1, 0.15) is 5.75 Å². The van der Waals surface area contributed by atoms with Crippen molar-refractivity contribution in [2.75, 3.05) is 19.0 Å². The molecule has 0 heterocycles. The van der Waals surface area contributed by atoms with E-state index in [1.165, 1.54) is 7.11 Å². The average molecular weight is 341 g/mol. The summed E-state index contributed by atoms with van der Waals surface area (Å²) in [6.07, 6.45) is 1.69. The lowest BCUT2D eigenvalue weighted by Gasteiger charge is -2.14. The molecular formula is C20H23NO4. The van der Waals surface area contributed by atoms with Crippen molar-refractivity contribution in [3.8, 4) is 5.75 Å². The molecule has 1 amide bonds. The monoisotopic (exact) mass is 341 g/mol. The van der Waals surface area contributed by atoms with Crippen LogP contribution < -0.4 is 10.1 Å². The number of hydrogen-bond donors (Lipinski definition) is 1. The van der Waals surface area contributed by atoms with E-state index in [2.05, 4.69) is 23.9 Å². The number of nitrogens with one attached hydrogen (secondary N) is 1. The Morgan fingerprint density at radius 1 is 0.960 bits per heavy atom. The fraction of sp³-hybridized carbons (Fsp3) is 0.300. The summed E-state index contributed by atoms with van der Waals surface area (Å²) in [4.78, 5) is 23.6. The maximum atomic E-state index is 12.2. The molecule has 0 aliphatic carbocycles. The first-order valence-corrected chi connectivity index (χ1v) is 8.30. The van der Waals surface area contributed by atoms with E-state index >= 15 is 0 Å². The van der Waals surface area contributed by atoms with Crippen LogP contribution in [0.25, 0.3) is 0 Å². The van der Waals surface area contributed by atoms with Gasteiger partial charge in [-0.3, -0.25) is 4.79 Å². The first kappa shape index (κ1) is 18.5. The lowest BCUT2D eigenvalue weighted by molar-refractivity contribution is -0.118. The lowest BCUT2D eigenvalue weighted by Crippen LogP contribution is -2.21. The summed E-state index contributed by atoms with van der Waals surface area (Å²) in [5, 5.41) is 2.95. The number of aryl methyl sites for hydroxylation is 2. The highest BCUT2D eigenvalue weighted by molar-refractivity contribution is 5.93. The van der Waals surface area contributed by atoms with Gasteiger partial charge >= 0.3 is 5.97 Å². The molecule has 0 saturated carbocycles. The zero-order valence-electron chi connectivity index (χ0n) is 14.8. The minimum atomic E-state index is -0.410. The molecule has 5 nitrogen and oxygen atoms in total. The van der Waals surface area contributed by atoms with Gasteiger partial charge in [0.25, 0.3) is 5.91 Å². The molecule has 0 bridgehead atoms. The summed E-state index contributed by atoms with van der Waals surface area (Å²) in [5.41, 5.74) is 3.52. The highest BCUT2D eigenvalue weighted by Gasteiger charge is 2.11. The van der Waals surface area contributed by atoms with Crippen molar-refractivity contribution in [2.45, 2.75) is 26.7 Å². The number of carbonyl (C=O) groups excluding carboxylic acids is 2. The van der Waals surface area contributed by atoms with E-state index in [0.717, 1.165) is 29.7 Å². The number of amides is 1. The molecule has 0 aliphatic rings. The van der Waals surface area contributed by atoms with E-state index < -0.39 is 5.97 Å². The van der Waals surface area contributed by atoms with E-state index in [4.69, 9.17) is 4.74 Å². The van der Waals surface area contributed by atoms with Gasteiger partial charge in [-0.1, -0.05) is 32.0 Å². The number of hydrogen-bond acceptors (Lipinski definition) is 4. The number of para-hydroxylation sites is 1. The summed E-state index contributed by atoms with van der Waals surface area (Å²) >= 11 is 0. The van der Waals surface area contributed by atoms with Gasteiger partial charge in [-0.15, -0.1) is 0 Å². The van der Waals surface area contributed by atoms with E-state index in [1.54, 1.807) is 24.3 Å². The summed E-state index contributed by atoms with van der Waals surface area (Å²) in [6.45, 7) is 4.02. The van der Waals surface area contributed by atoms with Crippen LogP contribution in [0.4, 0.5) is 5.69 Å². The third-order valence-corrected chi connectivity index (χ3v) is 3.91. The van der Waals surface area contributed by atoms with E-state index in [-0.39, 0.29) is 12.5 Å². The van der Waals surface area contributed by atoms with Crippen molar-refractivity contribution >= 4 is 17.6 Å². The standard InChI is InChI=1S/C20H23NO4/c1-4-14-7-6-8-15(5-2)19(14)21-18(22)13-25-17-11-9-16(10-12-17)20(23)24-3/h6-12H,4-5,13H2,1-3H3,(H,21,22). The predicted molar refractivity (Wildman–Crippen MR) is 97.1 cm³/mol. The normalized spacial score (nSPS) is 10.2. The average Bonchev–Trinajstić information content (AvgIpc) is 2.66. The second-order valence-electron chi connectivity index (χ2n) is 5.51. The third-order valence-electron chi connectivity index (χ3n) is 3.91. The van der Waals surface area contributed by atoms with E-state index in [9.17, 15) is 9.59 Å². The first-order chi connectivity index (χ1) is 12.1. The summed E-state index contributed by atoms with van der Waals surface area (Å²) < 4.78 is 10.1. The molecule has 0 fully saturated rings. The zero-order valence-corrected chi connectivity index (χ0v) is 14.8. The molecule has 2 aromatic carbocycles. The highest BCUT2D eigenvalue weighted by atomic mass is 16.5. The van der Waals surface area contributed by atoms with Crippen molar-refractivity contribution in [3.05, 3.63) is 59.2 Å². The Labute approximate surface area is 148 Å². The molecule has 132 valence electrons. The molecule has 0 atom stereocenters. The van der Waals surface area contributed by atoms with Gasteiger partial charge in [0, 0.05) is 5.69 Å². The van der Waals surface area contributed by atoms with Crippen molar-refractivity contribution in [1.29, 1.82) is 0 Å². The van der Waals surface area contributed by atoms with Crippen molar-refractivity contribution in [2.24, 2.45) is 0 Å². The second kappa shape index (κ2) is 8.87. The van der Waals surface area contributed by atoms with E-state index in [1.807, 2.05) is 18.2 Å². The Hall–Kier alpha value is -2.82. The number of carbonyl (C=O) groups is 2. The molecule has 0 unspecified atom stereocenters. The van der Waals surface area contributed by atoms with Crippen molar-refractivity contribution in [1.82, 2.24) is 0 Å². The molecule has 1 N–H and O–H groups in total. The van der Waals surface area contributed by atoms with Crippen LogP contribution in [0.1, 0.15) is 35.3 Å². The Morgan fingerprint density at radius 3 is 2.08 bits per heavy atom. The first-order valence-electron chi connectivity index (χ1n) is 8.30. The fourth-order valence-corrected chi connectivity index (χ4v) is 2.53. The predicted octanol–water partition coefficient (Wildman–Crippen LogP) is 3.62. The lowest BCUT2D eigenvalue weighted by atomic mass is 10.0. The SMILES string of the molecule is CCc1cccc(CC)c1NC(=O)COc1ccc(C(=O)OC)cc1. The van der Waals surface area contributed by atoms with Crippen molar-refractivity contribution in [3.63, 3.8) is 0 Å². The molecule has 0 aromatic heterocycles. The number of benzene rings is 2. The summed E-state index contributed by atoms with van der Waals surface area (Å²) in [5.74, 6) is -0.109. The number of esters is 1. The second-order valence-corrected chi connectivity index (χ2v) is 5.51. The maximum absolute atomic E-state index is 12.2. The minimum Gasteiger partial charge on any atom is -0.484 e. The van der Waals surface area contributed by atoms with Gasteiger partial charge in [-0.25, -0.2) is 4.79 Å². The van der Waals surface area contributed by atoms with Crippen LogP contribution in [0.3, 0.4) is 0 Å². The van der Waals surface area contributed by atoms with Gasteiger partial charge in [-0.05, 0) is 48.2 Å². The Kier molecular flexibility index (Phi) is 6.57. The maximum Gasteiger partial charge on any atom is 0.337 e. The summed E-state index contributed by atoms with van der Waals surface area (Å²) in [7, 11) is 1.33. The molecule has 2 aromatic rings. The van der Waals surface area contributed by atoms with Gasteiger partial charge in [-0.2, -0.15) is 0 Å². The molecule has 0 radical (unpaired) electrons. The number of anilines is 1. The van der Waals surface area contributed by atoms with E-state index in [0.29, 0.717) is 11.3 Å². The molecule has 0 saturated heterocycles. The van der Waals surface area contributed by atoms with Crippen LogP contribution >= 0.6 is 0 Å². The summed E-state index contributed by atoms with van der Waals surface area (Å²) in [6, 6.07) is 12.5. The van der Waals surface area contributed by atoms with Gasteiger partial charge in [0.15, 0.2) is 6.61 Å². The van der Waals surface area contributed by atoms with Gasteiger partial charge in [0.05, 0.1) is 12.7 Å². The van der Waals surface area contributed by atoms with Crippen LogP contribution in [-0.4, -0.2) is 25.6 Å². The molecule has 25 heavy (non-hydrogen) atoms. The zero-order chi connectivity index (χ0) is 18.2. The highest BCUT2D eigenvalue weighted by Crippen LogP contribution is 2.22. The topological polar surface area (TPSA) is 64.6 Å². The smallest absolute Gasteiger partial charge is 0.337 e. The number of ether oxygens (including phenoxy) is 2. The fourth-order valence-electron chi connectivity index (χ4n) is 2.53. The minimum absolute atomic E-state index is 0.0984. The third kappa shape index (κ3) is 4.83. The Morgan fingerprint density at radius 2 is 1.56 bits per heavy atom. The molecule has 0 aliphatic heterocycles. The molecule has 0 spiro atoms. The van der Waals surface area contributed by atoms with Crippen LogP contribution in [-0.2, 0) is 22.4 Å². The quantitative estimate of drug-likeness (QED) is 0.781. The number of methoxy groups -OCH3 is 1. The molecular weight excluding hydrogens is 318 g/mol. The Balaban J connectivity index is 1.98.